The summed E-state index contributed by atoms with van der Waals surface area (Å²) in [5, 5.41) is 10.0. The van der Waals surface area contributed by atoms with Crippen molar-refractivity contribution in [3.05, 3.63) is 51.3 Å². The van der Waals surface area contributed by atoms with Crippen LogP contribution in [0.25, 0.3) is 6.08 Å². The molecule has 0 saturated carbocycles. The molecule has 1 aliphatic rings. The Bertz CT molecular complexity index is 612. The molecule has 0 saturated heterocycles. The molecule has 0 fully saturated rings. The highest BCUT2D eigenvalue weighted by Gasteiger charge is 2.27. The third-order valence-corrected chi connectivity index (χ3v) is 3.22. The summed E-state index contributed by atoms with van der Waals surface area (Å²) in [5.74, 6) is -0.731. The Hall–Kier alpha value is -1.88. The van der Waals surface area contributed by atoms with Crippen LogP contribution in [0, 0.1) is 0 Å². The number of methoxy groups -OCH3 is 1. The number of ether oxygens (including phenoxy) is 1. The molecule has 1 heterocycles. The third kappa shape index (κ3) is 2.76. The average molecular weight is 322 g/mol. The zero-order valence-electron chi connectivity index (χ0n) is 10.5. The Kier molecular flexibility index (Phi) is 3.85. The summed E-state index contributed by atoms with van der Waals surface area (Å²) in [7, 11) is 1.27. The smallest absolute Gasteiger partial charge is 0.343 e. The molecule has 1 aromatic rings. The summed E-state index contributed by atoms with van der Waals surface area (Å²) < 4.78 is 5.59. The maximum atomic E-state index is 11.5. The first-order valence-corrected chi connectivity index (χ1v) is 6.37. The number of nitrogens with zero attached hydrogens (tertiary/aromatic N) is 1. The van der Waals surface area contributed by atoms with Gasteiger partial charge in [0.1, 0.15) is 11.3 Å². The number of aliphatic hydroxyl groups is 1. The lowest BCUT2D eigenvalue weighted by Gasteiger charge is -2.00. The van der Waals surface area contributed by atoms with Crippen molar-refractivity contribution in [3.63, 3.8) is 0 Å². The van der Waals surface area contributed by atoms with Crippen molar-refractivity contribution in [3.8, 4) is 0 Å². The number of aliphatic hydroxyl groups excluding tert-OH is 1. The molecule has 0 spiro atoms. The van der Waals surface area contributed by atoms with Crippen LogP contribution < -0.4 is 0 Å². The van der Waals surface area contributed by atoms with E-state index in [1.54, 1.807) is 13.0 Å². The maximum Gasteiger partial charge on any atom is 0.343 e. The van der Waals surface area contributed by atoms with Gasteiger partial charge in [-0.15, -0.1) is 0 Å². The van der Waals surface area contributed by atoms with E-state index in [-0.39, 0.29) is 11.3 Å². The average Bonchev–Trinajstić information content (AvgIpc) is 2.66. The predicted molar refractivity (Wildman–Crippen MR) is 76.9 cm³/mol. The number of esters is 1. The fourth-order valence-electron chi connectivity index (χ4n) is 1.75. The lowest BCUT2D eigenvalue weighted by Crippen LogP contribution is -2.11. The van der Waals surface area contributed by atoms with Crippen molar-refractivity contribution in [1.82, 2.24) is 0 Å². The molecule has 0 aliphatic carbocycles. The second-order valence-corrected chi connectivity index (χ2v) is 4.91. The summed E-state index contributed by atoms with van der Waals surface area (Å²) in [6.45, 7) is 1.66. The van der Waals surface area contributed by atoms with Crippen LogP contribution in [0.15, 0.2) is 50.8 Å². The third-order valence-electron chi connectivity index (χ3n) is 2.69. The van der Waals surface area contributed by atoms with Gasteiger partial charge in [-0.3, -0.25) is 0 Å². The molecule has 0 aromatic heterocycles. The second-order valence-electron chi connectivity index (χ2n) is 3.99. The highest BCUT2D eigenvalue weighted by atomic mass is 79.9. The molecule has 0 atom stereocenters. The quantitative estimate of drug-likeness (QED) is 0.850. The Balaban J connectivity index is 2.40. The molecule has 98 valence electrons. The van der Waals surface area contributed by atoms with Crippen LogP contribution >= 0.6 is 15.9 Å². The van der Waals surface area contributed by atoms with Crippen LogP contribution in [0.4, 0.5) is 0 Å². The van der Waals surface area contributed by atoms with Crippen molar-refractivity contribution >= 4 is 33.7 Å². The van der Waals surface area contributed by atoms with E-state index in [9.17, 15) is 9.90 Å². The zero-order chi connectivity index (χ0) is 14.0. The van der Waals surface area contributed by atoms with Crippen LogP contribution in [0.3, 0.4) is 0 Å². The number of benzene rings is 1. The topological polar surface area (TPSA) is 58.9 Å². The van der Waals surface area contributed by atoms with E-state index in [1.807, 2.05) is 24.3 Å². The largest absolute Gasteiger partial charge is 0.505 e. The summed E-state index contributed by atoms with van der Waals surface area (Å²) in [6, 6.07) is 7.54. The van der Waals surface area contributed by atoms with E-state index in [2.05, 4.69) is 25.7 Å². The van der Waals surface area contributed by atoms with E-state index in [0.29, 0.717) is 11.4 Å². The minimum absolute atomic E-state index is 0.117. The van der Waals surface area contributed by atoms with Gasteiger partial charge in [0.05, 0.1) is 12.8 Å². The van der Waals surface area contributed by atoms with Gasteiger partial charge in [0, 0.05) is 4.47 Å². The highest BCUT2D eigenvalue weighted by Crippen LogP contribution is 2.26. The van der Waals surface area contributed by atoms with Gasteiger partial charge in [-0.05, 0) is 30.7 Å². The van der Waals surface area contributed by atoms with E-state index in [1.165, 1.54) is 7.11 Å². The first kappa shape index (κ1) is 13.5. The molecule has 1 aliphatic heterocycles. The number of carbonyl (C=O) groups is 1. The van der Waals surface area contributed by atoms with Crippen molar-refractivity contribution in [2.75, 3.05) is 7.11 Å². The Morgan fingerprint density at radius 3 is 2.58 bits per heavy atom. The second kappa shape index (κ2) is 5.40. The summed E-state index contributed by atoms with van der Waals surface area (Å²) in [4.78, 5) is 15.7. The van der Waals surface area contributed by atoms with Crippen LogP contribution in [0.5, 0.6) is 0 Å². The summed E-state index contributed by atoms with van der Waals surface area (Å²) in [5.41, 5.74) is 1.81. The van der Waals surface area contributed by atoms with Crippen molar-refractivity contribution in [2.45, 2.75) is 6.92 Å². The minimum atomic E-state index is -0.585. The highest BCUT2D eigenvalue weighted by molar-refractivity contribution is 9.10. The lowest BCUT2D eigenvalue weighted by molar-refractivity contribution is -0.135. The molecular weight excluding hydrogens is 310 g/mol. The Labute approximate surface area is 119 Å². The van der Waals surface area contributed by atoms with Gasteiger partial charge in [0.25, 0.3) is 0 Å². The summed E-state index contributed by atoms with van der Waals surface area (Å²) in [6.07, 6.45) is 1.71. The van der Waals surface area contributed by atoms with Gasteiger partial charge in [0.15, 0.2) is 5.76 Å². The lowest BCUT2D eigenvalue weighted by atomic mass is 10.1. The fourth-order valence-corrected chi connectivity index (χ4v) is 2.02. The molecule has 4 nitrogen and oxygen atoms in total. The minimum Gasteiger partial charge on any atom is -0.505 e. The van der Waals surface area contributed by atoms with Gasteiger partial charge in [-0.2, -0.15) is 0 Å². The number of rotatable bonds is 2. The standard InChI is InChI=1S/C14H12BrNO3/c1-8-12(14(18)19-2)13(17)11(16-8)7-9-3-5-10(15)6-4-9/h3-7,17H,1-2H3/b11-7+. The predicted octanol–water partition coefficient (Wildman–Crippen LogP) is 3.25. The number of halogens is 1. The molecule has 1 aromatic carbocycles. The number of carbonyl (C=O) groups excluding carboxylic acids is 1. The van der Waals surface area contributed by atoms with Crippen molar-refractivity contribution in [2.24, 2.45) is 4.99 Å². The molecule has 0 unspecified atom stereocenters. The normalized spacial score (nSPS) is 16.8. The van der Waals surface area contributed by atoms with E-state index >= 15 is 0 Å². The molecule has 2 rings (SSSR count). The number of hydrogen-bond donors (Lipinski definition) is 1. The molecule has 0 radical (unpaired) electrons. The van der Waals surface area contributed by atoms with Crippen molar-refractivity contribution in [1.29, 1.82) is 0 Å². The first-order chi connectivity index (χ1) is 9.02. The van der Waals surface area contributed by atoms with Crippen LogP contribution in [-0.4, -0.2) is 23.9 Å². The van der Waals surface area contributed by atoms with E-state index in [0.717, 1.165) is 10.0 Å². The monoisotopic (exact) mass is 321 g/mol. The molecule has 19 heavy (non-hydrogen) atoms. The fraction of sp³-hybridized carbons (Fsp3) is 0.143. The first-order valence-electron chi connectivity index (χ1n) is 5.58. The van der Waals surface area contributed by atoms with Gasteiger partial charge < -0.3 is 9.84 Å². The van der Waals surface area contributed by atoms with Gasteiger partial charge in [0.2, 0.25) is 0 Å². The van der Waals surface area contributed by atoms with E-state index < -0.39 is 5.97 Å². The van der Waals surface area contributed by atoms with E-state index in [4.69, 9.17) is 0 Å². The van der Waals surface area contributed by atoms with Crippen molar-refractivity contribution < 1.29 is 14.6 Å². The molecule has 5 heteroatoms. The Morgan fingerprint density at radius 2 is 2.00 bits per heavy atom. The molecule has 0 bridgehead atoms. The Morgan fingerprint density at radius 1 is 1.37 bits per heavy atom. The van der Waals surface area contributed by atoms with Crippen LogP contribution in [0.1, 0.15) is 12.5 Å². The van der Waals surface area contributed by atoms with Crippen LogP contribution in [-0.2, 0) is 9.53 Å². The molecular formula is C14H12BrNO3. The molecule has 1 N–H and O–H groups in total. The summed E-state index contributed by atoms with van der Waals surface area (Å²) >= 11 is 3.35. The van der Waals surface area contributed by atoms with Gasteiger partial charge >= 0.3 is 5.97 Å². The number of aliphatic imine (C=N–C) groups is 1. The molecule has 0 amide bonds. The number of hydrogen-bond acceptors (Lipinski definition) is 4. The SMILES string of the molecule is COC(=O)C1=C(O)/C(=C\c2ccc(Br)cc2)N=C1C. The zero-order valence-corrected chi connectivity index (χ0v) is 12.1. The van der Waals surface area contributed by atoms with Crippen LogP contribution in [0.2, 0.25) is 0 Å². The van der Waals surface area contributed by atoms with Gasteiger partial charge in [-0.1, -0.05) is 28.1 Å². The maximum absolute atomic E-state index is 11.5. The van der Waals surface area contributed by atoms with Gasteiger partial charge in [-0.25, -0.2) is 9.79 Å².